The van der Waals surface area contributed by atoms with E-state index in [0.29, 0.717) is 22.2 Å². The highest BCUT2D eigenvalue weighted by atomic mass is 35.5. The number of hydrogen-bond acceptors (Lipinski definition) is 2. The Morgan fingerprint density at radius 3 is 2.52 bits per heavy atom. The fourth-order valence-electron chi connectivity index (χ4n) is 2.92. The minimum Gasteiger partial charge on any atom is -0.478 e. The minimum atomic E-state index is -4.55. The third-order valence-electron chi connectivity index (χ3n) is 4.37. The van der Waals surface area contributed by atoms with E-state index in [1.165, 1.54) is 16.7 Å². The van der Waals surface area contributed by atoms with Crippen molar-refractivity contribution in [3.8, 4) is 0 Å². The average Bonchev–Trinajstić information content (AvgIpc) is 2.87. The molecule has 4 nitrogen and oxygen atoms in total. The van der Waals surface area contributed by atoms with Gasteiger partial charge in [0.1, 0.15) is 11.3 Å². The summed E-state index contributed by atoms with van der Waals surface area (Å²) in [5.74, 6) is -1.19. The number of aromatic carboxylic acids is 1. The second-order valence-electron chi connectivity index (χ2n) is 6.12. The molecule has 0 unspecified atom stereocenters. The smallest absolute Gasteiger partial charge is 0.433 e. The zero-order valence-electron chi connectivity index (χ0n) is 14.2. The van der Waals surface area contributed by atoms with Crippen molar-refractivity contribution >= 4 is 40.2 Å². The maximum absolute atomic E-state index is 13.0. The quantitative estimate of drug-likeness (QED) is 0.613. The maximum atomic E-state index is 13.0. The van der Waals surface area contributed by atoms with Crippen LogP contribution in [0.4, 0.5) is 13.2 Å². The van der Waals surface area contributed by atoms with Crippen molar-refractivity contribution in [2.24, 2.45) is 7.05 Å². The maximum Gasteiger partial charge on any atom is 0.433 e. The fourth-order valence-corrected chi connectivity index (χ4v) is 3.51. The van der Waals surface area contributed by atoms with Gasteiger partial charge in [-0.2, -0.15) is 13.2 Å². The number of hydrogen-bond donors (Lipinski definition) is 1. The number of nitrogens with zero attached hydrogens (tertiary/aromatic N) is 2. The van der Waals surface area contributed by atoms with E-state index < -0.39 is 17.8 Å². The van der Waals surface area contributed by atoms with Gasteiger partial charge in [-0.05, 0) is 42.3 Å². The minimum absolute atomic E-state index is 0.000850. The number of pyridine rings is 1. The predicted molar refractivity (Wildman–Crippen MR) is 96.7 cm³/mol. The number of rotatable bonds is 3. The van der Waals surface area contributed by atoms with Crippen LogP contribution in [0.15, 0.2) is 24.3 Å². The topological polar surface area (TPSA) is 55.1 Å². The van der Waals surface area contributed by atoms with Gasteiger partial charge in [0, 0.05) is 29.6 Å². The average molecular weight is 417 g/mol. The van der Waals surface area contributed by atoms with Crippen LogP contribution in [-0.2, 0) is 19.6 Å². The molecule has 0 aliphatic rings. The van der Waals surface area contributed by atoms with Crippen molar-refractivity contribution in [2.75, 3.05) is 0 Å². The molecule has 2 heterocycles. The lowest BCUT2D eigenvalue weighted by atomic mass is 10.1. The molecule has 0 spiro atoms. The van der Waals surface area contributed by atoms with Gasteiger partial charge in [0.25, 0.3) is 0 Å². The van der Waals surface area contributed by atoms with Crippen LogP contribution >= 0.6 is 23.2 Å². The summed E-state index contributed by atoms with van der Waals surface area (Å²) < 4.78 is 40.7. The predicted octanol–water partition coefficient (Wildman–Crippen LogP) is 5.50. The molecule has 0 radical (unpaired) electrons. The molecule has 1 aromatic carbocycles. The van der Waals surface area contributed by atoms with E-state index in [1.807, 2.05) is 0 Å². The number of carboxylic acid groups (broad SMARTS) is 1. The Labute approximate surface area is 162 Å². The highest BCUT2D eigenvalue weighted by Crippen LogP contribution is 2.34. The monoisotopic (exact) mass is 416 g/mol. The standard InChI is InChI=1S/C18H13Cl2F3N2O2/c1-8-5-14(18(21,22)23)24-16-11(8)6-9(25(16)2)7-12-13(19)4-3-10(15(12)20)17(26)27/h3-6H,7H2,1-2H3,(H,26,27). The van der Waals surface area contributed by atoms with E-state index in [9.17, 15) is 23.1 Å². The molecule has 0 saturated heterocycles. The van der Waals surface area contributed by atoms with Crippen molar-refractivity contribution in [2.45, 2.75) is 19.5 Å². The van der Waals surface area contributed by atoms with E-state index in [-0.39, 0.29) is 27.7 Å². The summed E-state index contributed by atoms with van der Waals surface area (Å²) in [7, 11) is 1.59. The second kappa shape index (κ2) is 6.73. The molecular weight excluding hydrogens is 404 g/mol. The number of aromatic nitrogens is 2. The summed E-state index contributed by atoms with van der Waals surface area (Å²) in [6.07, 6.45) is -4.40. The van der Waals surface area contributed by atoms with Crippen LogP contribution < -0.4 is 0 Å². The zero-order chi connectivity index (χ0) is 20.1. The molecule has 0 amide bonds. The number of alkyl halides is 3. The van der Waals surface area contributed by atoms with Gasteiger partial charge in [-0.15, -0.1) is 0 Å². The summed E-state index contributed by atoms with van der Waals surface area (Å²) >= 11 is 12.4. The Kier molecular flexibility index (Phi) is 4.86. The van der Waals surface area contributed by atoms with Gasteiger partial charge in [-0.1, -0.05) is 23.2 Å². The van der Waals surface area contributed by atoms with E-state index in [0.717, 1.165) is 6.07 Å². The molecular formula is C18H13Cl2F3N2O2. The van der Waals surface area contributed by atoms with Crippen molar-refractivity contribution in [1.82, 2.24) is 9.55 Å². The lowest BCUT2D eigenvalue weighted by molar-refractivity contribution is -0.141. The molecule has 142 valence electrons. The Balaban J connectivity index is 2.15. The van der Waals surface area contributed by atoms with E-state index in [4.69, 9.17) is 23.2 Å². The Bertz CT molecular complexity index is 1070. The zero-order valence-corrected chi connectivity index (χ0v) is 15.7. The van der Waals surface area contributed by atoms with Gasteiger partial charge in [0.2, 0.25) is 0 Å². The molecule has 9 heteroatoms. The van der Waals surface area contributed by atoms with Crippen LogP contribution in [0.5, 0.6) is 0 Å². The van der Waals surface area contributed by atoms with Gasteiger partial charge in [-0.3, -0.25) is 0 Å². The molecule has 0 saturated carbocycles. The SMILES string of the molecule is Cc1cc(C(F)(F)F)nc2c1cc(Cc1c(Cl)ccc(C(=O)O)c1Cl)n2C. The number of fused-ring (bicyclic) bond motifs is 1. The molecule has 1 N–H and O–H groups in total. The van der Waals surface area contributed by atoms with Crippen LogP contribution in [0.1, 0.15) is 32.9 Å². The molecule has 0 aliphatic heterocycles. The highest BCUT2D eigenvalue weighted by Gasteiger charge is 2.33. The summed E-state index contributed by atoms with van der Waals surface area (Å²) in [5, 5.41) is 10.1. The third kappa shape index (κ3) is 3.49. The summed E-state index contributed by atoms with van der Waals surface area (Å²) in [4.78, 5) is 15.0. The second-order valence-corrected chi connectivity index (χ2v) is 6.91. The molecule has 0 bridgehead atoms. The van der Waals surface area contributed by atoms with E-state index >= 15 is 0 Å². The van der Waals surface area contributed by atoms with Gasteiger partial charge < -0.3 is 9.67 Å². The summed E-state index contributed by atoms with van der Waals surface area (Å²) in [5.41, 5.74) is 0.543. The lowest BCUT2D eigenvalue weighted by Gasteiger charge is -2.11. The molecule has 0 atom stereocenters. The van der Waals surface area contributed by atoms with Gasteiger partial charge in [0.15, 0.2) is 0 Å². The third-order valence-corrected chi connectivity index (χ3v) is 5.16. The van der Waals surface area contributed by atoms with Gasteiger partial charge >= 0.3 is 12.1 Å². The normalized spacial score (nSPS) is 12.0. The van der Waals surface area contributed by atoms with Crippen molar-refractivity contribution in [1.29, 1.82) is 0 Å². The lowest BCUT2D eigenvalue weighted by Crippen LogP contribution is -2.09. The van der Waals surface area contributed by atoms with Gasteiger partial charge in [-0.25, -0.2) is 9.78 Å². The van der Waals surface area contributed by atoms with Crippen molar-refractivity contribution in [3.63, 3.8) is 0 Å². The van der Waals surface area contributed by atoms with Crippen LogP contribution in [-0.4, -0.2) is 20.6 Å². The van der Waals surface area contributed by atoms with Crippen LogP contribution in [0, 0.1) is 6.92 Å². The van der Waals surface area contributed by atoms with Crippen molar-refractivity contribution < 1.29 is 23.1 Å². The Morgan fingerprint density at radius 1 is 1.26 bits per heavy atom. The van der Waals surface area contributed by atoms with E-state index in [2.05, 4.69) is 4.98 Å². The van der Waals surface area contributed by atoms with E-state index in [1.54, 1.807) is 20.0 Å². The number of carboxylic acids is 1. The summed E-state index contributed by atoms with van der Waals surface area (Å²) in [6.45, 7) is 1.58. The van der Waals surface area contributed by atoms with Crippen LogP contribution in [0.3, 0.4) is 0 Å². The first-order chi connectivity index (χ1) is 12.5. The van der Waals surface area contributed by atoms with Gasteiger partial charge in [0.05, 0.1) is 10.6 Å². The Morgan fingerprint density at radius 2 is 1.93 bits per heavy atom. The van der Waals surface area contributed by atoms with Crippen LogP contribution in [0.2, 0.25) is 10.0 Å². The molecule has 0 fully saturated rings. The first kappa shape index (κ1) is 19.5. The first-order valence-electron chi connectivity index (χ1n) is 7.74. The number of carbonyl (C=O) groups is 1. The first-order valence-corrected chi connectivity index (χ1v) is 8.49. The number of halogens is 5. The largest absolute Gasteiger partial charge is 0.478 e. The highest BCUT2D eigenvalue weighted by molar-refractivity contribution is 6.38. The van der Waals surface area contributed by atoms with Crippen LogP contribution in [0.25, 0.3) is 11.0 Å². The molecule has 2 aromatic heterocycles. The number of aryl methyl sites for hydroxylation is 2. The molecule has 0 aliphatic carbocycles. The molecule has 3 aromatic rings. The van der Waals surface area contributed by atoms with Crippen molar-refractivity contribution in [3.05, 3.63) is 62.4 Å². The molecule has 3 rings (SSSR count). The number of benzene rings is 1. The summed E-state index contributed by atoms with van der Waals surface area (Å²) in [6, 6.07) is 5.44. The Hall–Kier alpha value is -2.25. The molecule has 27 heavy (non-hydrogen) atoms. The fraction of sp³-hybridized carbons (Fsp3) is 0.222.